The molecule has 1 aliphatic rings. The molecule has 1 amide bonds. The van der Waals surface area contributed by atoms with E-state index in [2.05, 4.69) is 21.0 Å². The first-order chi connectivity index (χ1) is 15.4. The molecule has 4 aromatic rings. The fourth-order valence-electron chi connectivity index (χ4n) is 3.89. The van der Waals surface area contributed by atoms with E-state index in [1.165, 1.54) is 18.3 Å². The van der Waals surface area contributed by atoms with Crippen LogP contribution in [0.15, 0.2) is 30.6 Å². The average Bonchev–Trinajstić information content (AvgIpc) is 3.53. The summed E-state index contributed by atoms with van der Waals surface area (Å²) in [5.74, 6) is 1.64. The zero-order valence-electron chi connectivity index (χ0n) is 17.1. The minimum atomic E-state index is -0.657. The maximum atomic E-state index is 15.1. The molecule has 3 aromatic heterocycles. The highest BCUT2D eigenvalue weighted by atomic mass is 35.5. The van der Waals surface area contributed by atoms with Crippen LogP contribution in [-0.2, 0) is 13.6 Å². The van der Waals surface area contributed by atoms with Crippen molar-refractivity contribution in [3.63, 3.8) is 0 Å². The van der Waals surface area contributed by atoms with Crippen molar-refractivity contribution in [2.75, 3.05) is 5.73 Å². The van der Waals surface area contributed by atoms with Crippen LogP contribution in [-0.4, -0.2) is 36.6 Å². The van der Waals surface area contributed by atoms with Gasteiger partial charge in [-0.05, 0) is 25.0 Å². The Kier molecular flexibility index (Phi) is 4.72. The molecule has 0 spiro atoms. The van der Waals surface area contributed by atoms with Crippen LogP contribution in [0.2, 0.25) is 5.02 Å². The molecule has 3 heterocycles. The first-order valence-corrected chi connectivity index (χ1v) is 10.4. The maximum Gasteiger partial charge on any atom is 0.257 e. The molecule has 1 aromatic carbocycles. The number of anilines is 1. The molecule has 1 aliphatic carbocycles. The van der Waals surface area contributed by atoms with Gasteiger partial charge in [0.25, 0.3) is 5.91 Å². The van der Waals surface area contributed by atoms with Crippen LogP contribution in [0.3, 0.4) is 0 Å². The van der Waals surface area contributed by atoms with Crippen molar-refractivity contribution in [3.8, 4) is 12.3 Å². The Morgan fingerprint density at radius 1 is 1.34 bits per heavy atom. The van der Waals surface area contributed by atoms with Crippen LogP contribution in [0.25, 0.3) is 21.8 Å². The molecule has 0 aliphatic heterocycles. The molecule has 7 nitrogen and oxygen atoms in total. The summed E-state index contributed by atoms with van der Waals surface area (Å²) in [5, 5.41) is 5.87. The van der Waals surface area contributed by atoms with Crippen molar-refractivity contribution in [1.82, 2.24) is 24.6 Å². The number of nitrogens with two attached hydrogens (primary N) is 1. The fraction of sp³-hybridized carbons (Fsp3) is 0.217. The van der Waals surface area contributed by atoms with Gasteiger partial charge in [-0.25, -0.2) is 9.37 Å². The number of rotatable bonds is 4. The molecule has 0 atom stereocenters. The van der Waals surface area contributed by atoms with Gasteiger partial charge < -0.3 is 10.6 Å². The minimum absolute atomic E-state index is 0.0201. The Bertz CT molecular complexity index is 1450. The van der Waals surface area contributed by atoms with Crippen molar-refractivity contribution in [3.05, 3.63) is 58.3 Å². The summed E-state index contributed by atoms with van der Waals surface area (Å²) >= 11 is 6.20. The van der Waals surface area contributed by atoms with Crippen LogP contribution < -0.4 is 5.73 Å². The number of aromatic nitrogens is 4. The lowest BCUT2D eigenvalue weighted by molar-refractivity contribution is 0.0723. The summed E-state index contributed by atoms with van der Waals surface area (Å²) < 4.78 is 16.7. The molecule has 32 heavy (non-hydrogen) atoms. The van der Waals surface area contributed by atoms with Gasteiger partial charge in [0.15, 0.2) is 0 Å². The summed E-state index contributed by atoms with van der Waals surface area (Å²) in [6, 6.07) is 4.43. The number of carbonyl (C=O) groups excluding carboxylic acids is 1. The number of nitrogens with zero attached hydrogens (tertiary/aromatic N) is 5. The molecule has 1 fully saturated rings. The lowest BCUT2D eigenvalue weighted by Crippen LogP contribution is -2.33. The molecular formula is C23H18ClFN6O. The Morgan fingerprint density at radius 2 is 2.12 bits per heavy atom. The predicted octanol–water partition coefficient (Wildman–Crippen LogP) is 3.68. The standard InChI is InChI=1S/C23H18ClFN6O/c1-3-12-9-27-13(6-18(12)24)11-31(14-4-5-14)23(32)15-7-16-20(8-19(15)25)29-22(26)17-10-28-30(2)21(16)17/h1,6-10,14H,4-5,11H2,2H3,(H2,26,29). The van der Waals surface area contributed by atoms with Gasteiger partial charge in [0, 0.05) is 30.7 Å². The summed E-state index contributed by atoms with van der Waals surface area (Å²) in [6.45, 7) is 0.201. The molecule has 0 unspecified atom stereocenters. The number of carbonyl (C=O) groups is 1. The summed E-state index contributed by atoms with van der Waals surface area (Å²) in [6.07, 6.45) is 10.2. The Balaban J connectivity index is 1.58. The molecule has 0 bridgehead atoms. The third-order valence-corrected chi connectivity index (χ3v) is 5.99. The molecule has 1 saturated carbocycles. The van der Waals surface area contributed by atoms with E-state index in [0.717, 1.165) is 12.8 Å². The predicted molar refractivity (Wildman–Crippen MR) is 120 cm³/mol. The highest BCUT2D eigenvalue weighted by Gasteiger charge is 2.34. The van der Waals surface area contributed by atoms with Gasteiger partial charge >= 0.3 is 0 Å². The average molecular weight is 449 g/mol. The third kappa shape index (κ3) is 3.31. The summed E-state index contributed by atoms with van der Waals surface area (Å²) in [7, 11) is 1.76. The zero-order chi connectivity index (χ0) is 22.6. The smallest absolute Gasteiger partial charge is 0.257 e. The molecule has 0 radical (unpaired) electrons. The van der Waals surface area contributed by atoms with E-state index < -0.39 is 11.7 Å². The van der Waals surface area contributed by atoms with E-state index >= 15 is 4.39 Å². The van der Waals surface area contributed by atoms with E-state index in [4.69, 9.17) is 23.8 Å². The number of pyridine rings is 2. The van der Waals surface area contributed by atoms with E-state index in [1.54, 1.807) is 28.9 Å². The number of amides is 1. The third-order valence-electron chi connectivity index (χ3n) is 5.67. The molecule has 9 heteroatoms. The second kappa shape index (κ2) is 7.46. The van der Waals surface area contributed by atoms with Crippen molar-refractivity contribution < 1.29 is 9.18 Å². The number of halogens is 2. The topological polar surface area (TPSA) is 89.9 Å². The van der Waals surface area contributed by atoms with Crippen molar-refractivity contribution in [2.24, 2.45) is 7.05 Å². The second-order valence-corrected chi connectivity index (χ2v) is 8.25. The molecule has 0 saturated heterocycles. The second-order valence-electron chi connectivity index (χ2n) is 7.84. The molecule has 2 N–H and O–H groups in total. The lowest BCUT2D eigenvalue weighted by Gasteiger charge is -2.23. The van der Waals surface area contributed by atoms with Gasteiger partial charge in [-0.3, -0.25) is 14.5 Å². The van der Waals surface area contributed by atoms with Crippen LogP contribution in [0.1, 0.15) is 34.5 Å². The van der Waals surface area contributed by atoms with Gasteiger partial charge in [0.1, 0.15) is 11.6 Å². The zero-order valence-corrected chi connectivity index (χ0v) is 17.9. The van der Waals surface area contributed by atoms with E-state index in [-0.39, 0.29) is 24.0 Å². The largest absolute Gasteiger partial charge is 0.383 e. The molecule has 160 valence electrons. The Labute approximate surface area is 188 Å². The van der Waals surface area contributed by atoms with Gasteiger partial charge in [0.05, 0.1) is 51.0 Å². The lowest BCUT2D eigenvalue weighted by atomic mass is 10.1. The van der Waals surface area contributed by atoms with Crippen molar-refractivity contribution in [2.45, 2.75) is 25.4 Å². The first-order valence-electron chi connectivity index (χ1n) is 9.99. The normalized spacial score (nSPS) is 13.4. The van der Waals surface area contributed by atoms with Gasteiger partial charge in [-0.2, -0.15) is 5.10 Å². The number of fused-ring (bicyclic) bond motifs is 3. The number of benzene rings is 1. The van der Waals surface area contributed by atoms with Gasteiger partial charge in [-0.15, -0.1) is 6.42 Å². The highest BCUT2D eigenvalue weighted by Crippen LogP contribution is 2.33. The monoisotopic (exact) mass is 448 g/mol. The van der Waals surface area contributed by atoms with E-state index in [0.29, 0.717) is 38.1 Å². The van der Waals surface area contributed by atoms with E-state index in [9.17, 15) is 4.79 Å². The van der Waals surface area contributed by atoms with E-state index in [1.807, 2.05) is 0 Å². The first kappa shape index (κ1) is 20.2. The number of nitrogen functional groups attached to an aromatic ring is 1. The Morgan fingerprint density at radius 3 is 2.81 bits per heavy atom. The quantitative estimate of drug-likeness (QED) is 0.481. The van der Waals surface area contributed by atoms with Gasteiger partial charge in [-0.1, -0.05) is 17.5 Å². The van der Waals surface area contributed by atoms with Crippen LogP contribution >= 0.6 is 11.6 Å². The SMILES string of the molecule is C#Cc1cnc(CN(C(=O)c2cc3c(cc2F)nc(N)c2cnn(C)c23)C2CC2)cc1Cl. The highest BCUT2D eigenvalue weighted by molar-refractivity contribution is 6.31. The maximum absolute atomic E-state index is 15.1. The van der Waals surface area contributed by atoms with Crippen molar-refractivity contribution in [1.29, 1.82) is 0 Å². The number of aryl methyl sites for hydroxylation is 1. The van der Waals surface area contributed by atoms with Crippen LogP contribution in [0, 0.1) is 18.2 Å². The summed E-state index contributed by atoms with van der Waals surface area (Å²) in [5.41, 5.74) is 8.09. The number of hydrogen-bond acceptors (Lipinski definition) is 5. The fourth-order valence-corrected chi connectivity index (χ4v) is 4.12. The summed E-state index contributed by atoms with van der Waals surface area (Å²) in [4.78, 5) is 23.7. The van der Waals surface area contributed by atoms with Gasteiger partial charge in [0.2, 0.25) is 0 Å². The number of terminal acetylenes is 1. The van der Waals surface area contributed by atoms with Crippen molar-refractivity contribution >= 4 is 45.1 Å². The Hall–Kier alpha value is -3.70. The number of hydrogen-bond donors (Lipinski definition) is 1. The molecule has 5 rings (SSSR count). The van der Waals surface area contributed by atoms with Crippen LogP contribution in [0.4, 0.5) is 10.2 Å². The van der Waals surface area contributed by atoms with Crippen LogP contribution in [0.5, 0.6) is 0 Å². The molecular weight excluding hydrogens is 431 g/mol. The minimum Gasteiger partial charge on any atom is -0.383 e.